The third-order valence-corrected chi connectivity index (χ3v) is 3.93. The Bertz CT molecular complexity index is 321. The van der Waals surface area contributed by atoms with Gasteiger partial charge in [0.15, 0.2) is 0 Å². The van der Waals surface area contributed by atoms with Crippen molar-refractivity contribution in [3.63, 3.8) is 0 Å². The minimum absolute atomic E-state index is 0.0948. The highest BCUT2D eigenvalue weighted by molar-refractivity contribution is 5.00. The van der Waals surface area contributed by atoms with Gasteiger partial charge >= 0.3 is 0 Å². The highest BCUT2D eigenvalue weighted by Crippen LogP contribution is 2.37. The van der Waals surface area contributed by atoms with Crippen molar-refractivity contribution in [2.24, 2.45) is 11.8 Å². The maximum absolute atomic E-state index is 9.23. The summed E-state index contributed by atoms with van der Waals surface area (Å²) in [5.41, 5.74) is 0.945. The number of hydrogen-bond donors (Lipinski definition) is 1. The molecule has 0 amide bonds. The van der Waals surface area contributed by atoms with Crippen LogP contribution in [0, 0.1) is 11.8 Å². The number of aliphatic hydroxyl groups excluding tert-OH is 1. The van der Waals surface area contributed by atoms with E-state index in [9.17, 15) is 5.11 Å². The number of nitrogens with zero attached hydrogens (tertiary/aromatic N) is 2. The van der Waals surface area contributed by atoms with Crippen LogP contribution in [0.5, 0.6) is 0 Å². The maximum Gasteiger partial charge on any atom is 0.0951 e. The molecule has 1 aromatic heterocycles. The molecule has 0 spiro atoms. The smallest absolute Gasteiger partial charge is 0.0951 e. The van der Waals surface area contributed by atoms with Crippen molar-refractivity contribution >= 4 is 0 Å². The molecule has 3 nitrogen and oxygen atoms in total. The Kier molecular flexibility index (Phi) is 3.10. The monoisotopic (exact) mass is 208 g/mol. The van der Waals surface area contributed by atoms with Gasteiger partial charge in [0.1, 0.15) is 0 Å². The summed E-state index contributed by atoms with van der Waals surface area (Å²) >= 11 is 0. The van der Waals surface area contributed by atoms with Gasteiger partial charge in [-0.25, -0.2) is 4.98 Å². The third kappa shape index (κ3) is 1.93. The number of aromatic nitrogens is 2. The molecule has 1 aliphatic carbocycles. The summed E-state index contributed by atoms with van der Waals surface area (Å²) in [5.74, 6) is 1.45. The van der Waals surface area contributed by atoms with Crippen LogP contribution >= 0.6 is 0 Å². The normalized spacial score (nSPS) is 31.8. The van der Waals surface area contributed by atoms with Crippen molar-refractivity contribution in [2.75, 3.05) is 0 Å². The van der Waals surface area contributed by atoms with Gasteiger partial charge in [-0.2, -0.15) is 0 Å². The Hall–Kier alpha value is -0.830. The second-order valence-electron chi connectivity index (χ2n) is 4.79. The Morgan fingerprint density at radius 2 is 2.27 bits per heavy atom. The van der Waals surface area contributed by atoms with Gasteiger partial charge in [0.2, 0.25) is 0 Å². The molecule has 1 N–H and O–H groups in total. The number of imidazole rings is 1. The van der Waals surface area contributed by atoms with Crippen molar-refractivity contribution in [1.82, 2.24) is 9.55 Å². The molecular formula is C12H20N2O. The van der Waals surface area contributed by atoms with Crippen molar-refractivity contribution in [2.45, 2.75) is 45.8 Å². The van der Waals surface area contributed by atoms with Crippen LogP contribution in [-0.4, -0.2) is 14.7 Å². The van der Waals surface area contributed by atoms with E-state index in [1.165, 1.54) is 19.3 Å². The van der Waals surface area contributed by atoms with E-state index in [0.717, 1.165) is 11.6 Å². The van der Waals surface area contributed by atoms with Gasteiger partial charge in [-0.15, -0.1) is 0 Å². The second kappa shape index (κ2) is 4.35. The van der Waals surface area contributed by atoms with Crippen LogP contribution in [-0.2, 0) is 6.61 Å². The van der Waals surface area contributed by atoms with Gasteiger partial charge in [-0.3, -0.25) is 0 Å². The first kappa shape index (κ1) is 10.7. The topological polar surface area (TPSA) is 38.0 Å². The maximum atomic E-state index is 9.23. The Labute approximate surface area is 91.1 Å². The molecule has 3 atom stereocenters. The Balaban J connectivity index is 2.22. The summed E-state index contributed by atoms with van der Waals surface area (Å²) in [6, 6.07) is 0.526. The van der Waals surface area contributed by atoms with Gasteiger partial charge in [0, 0.05) is 6.04 Å². The van der Waals surface area contributed by atoms with E-state index in [1.807, 2.05) is 6.33 Å². The van der Waals surface area contributed by atoms with E-state index in [-0.39, 0.29) is 6.61 Å². The van der Waals surface area contributed by atoms with E-state index < -0.39 is 0 Å². The standard InChI is InChI=1S/C12H20N2O/c1-9-4-3-5-12(10(9)2)14-8-13-6-11(14)7-15/h6,8-10,12,15H,3-5,7H2,1-2H3. The zero-order chi connectivity index (χ0) is 10.8. The first-order chi connectivity index (χ1) is 7.24. The molecule has 1 aliphatic rings. The summed E-state index contributed by atoms with van der Waals surface area (Å²) in [4.78, 5) is 4.13. The lowest BCUT2D eigenvalue weighted by Gasteiger charge is -2.35. The lowest BCUT2D eigenvalue weighted by Crippen LogP contribution is -2.27. The van der Waals surface area contributed by atoms with Crippen LogP contribution in [0.4, 0.5) is 0 Å². The van der Waals surface area contributed by atoms with E-state index in [0.29, 0.717) is 12.0 Å². The van der Waals surface area contributed by atoms with E-state index in [1.54, 1.807) is 6.20 Å². The molecule has 0 saturated heterocycles. The zero-order valence-electron chi connectivity index (χ0n) is 9.56. The Morgan fingerprint density at radius 3 is 3.00 bits per heavy atom. The van der Waals surface area contributed by atoms with Crippen LogP contribution in [0.25, 0.3) is 0 Å². The predicted molar refractivity (Wildman–Crippen MR) is 59.4 cm³/mol. The molecule has 15 heavy (non-hydrogen) atoms. The number of aliphatic hydroxyl groups is 1. The molecule has 2 rings (SSSR count). The van der Waals surface area contributed by atoms with Gasteiger partial charge in [0.25, 0.3) is 0 Å². The summed E-state index contributed by atoms with van der Waals surface area (Å²) in [7, 11) is 0. The molecule has 0 radical (unpaired) electrons. The van der Waals surface area contributed by atoms with Crippen LogP contribution in [0.15, 0.2) is 12.5 Å². The summed E-state index contributed by atoms with van der Waals surface area (Å²) in [6.07, 6.45) is 7.48. The average molecular weight is 208 g/mol. The average Bonchev–Trinajstić information content (AvgIpc) is 2.70. The van der Waals surface area contributed by atoms with Crippen molar-refractivity contribution in [3.05, 3.63) is 18.2 Å². The molecule has 0 bridgehead atoms. The van der Waals surface area contributed by atoms with Crippen LogP contribution in [0.3, 0.4) is 0 Å². The molecule has 1 heterocycles. The van der Waals surface area contributed by atoms with E-state index in [4.69, 9.17) is 0 Å². The highest BCUT2D eigenvalue weighted by atomic mass is 16.3. The van der Waals surface area contributed by atoms with Crippen LogP contribution < -0.4 is 0 Å². The van der Waals surface area contributed by atoms with Crippen molar-refractivity contribution < 1.29 is 5.11 Å². The lowest BCUT2D eigenvalue weighted by atomic mass is 9.78. The quantitative estimate of drug-likeness (QED) is 0.810. The fourth-order valence-corrected chi connectivity index (χ4v) is 2.70. The largest absolute Gasteiger partial charge is 0.390 e. The molecule has 3 unspecified atom stereocenters. The van der Waals surface area contributed by atoms with Crippen molar-refractivity contribution in [1.29, 1.82) is 0 Å². The molecule has 1 saturated carbocycles. The van der Waals surface area contributed by atoms with Crippen LogP contribution in [0.2, 0.25) is 0 Å². The fourth-order valence-electron chi connectivity index (χ4n) is 2.70. The molecule has 0 aliphatic heterocycles. The summed E-state index contributed by atoms with van der Waals surface area (Å²) in [5, 5.41) is 9.23. The van der Waals surface area contributed by atoms with Crippen LogP contribution in [0.1, 0.15) is 44.8 Å². The van der Waals surface area contributed by atoms with E-state index >= 15 is 0 Å². The summed E-state index contributed by atoms with van der Waals surface area (Å²) in [6.45, 7) is 4.74. The van der Waals surface area contributed by atoms with E-state index in [2.05, 4.69) is 23.4 Å². The molecule has 1 fully saturated rings. The molecular weight excluding hydrogens is 188 g/mol. The second-order valence-corrected chi connectivity index (χ2v) is 4.79. The molecule has 1 aromatic rings. The van der Waals surface area contributed by atoms with Crippen molar-refractivity contribution in [3.8, 4) is 0 Å². The SMILES string of the molecule is CC1CCCC(n2cncc2CO)C1C. The lowest BCUT2D eigenvalue weighted by molar-refractivity contribution is 0.174. The van der Waals surface area contributed by atoms with Gasteiger partial charge in [-0.1, -0.05) is 26.7 Å². The minimum atomic E-state index is 0.0948. The zero-order valence-corrected chi connectivity index (χ0v) is 9.56. The van der Waals surface area contributed by atoms with Gasteiger partial charge in [0.05, 0.1) is 24.8 Å². The Morgan fingerprint density at radius 1 is 1.47 bits per heavy atom. The predicted octanol–water partition coefficient (Wildman–Crippen LogP) is 2.37. The number of hydrogen-bond acceptors (Lipinski definition) is 2. The minimum Gasteiger partial charge on any atom is -0.390 e. The fraction of sp³-hybridized carbons (Fsp3) is 0.750. The first-order valence-electron chi connectivity index (χ1n) is 5.85. The molecule has 0 aromatic carbocycles. The molecule has 84 valence electrons. The first-order valence-corrected chi connectivity index (χ1v) is 5.85. The third-order valence-electron chi connectivity index (χ3n) is 3.93. The highest BCUT2D eigenvalue weighted by Gasteiger charge is 2.28. The molecule has 3 heteroatoms. The van der Waals surface area contributed by atoms with Gasteiger partial charge < -0.3 is 9.67 Å². The number of rotatable bonds is 2. The van der Waals surface area contributed by atoms with Gasteiger partial charge in [-0.05, 0) is 18.3 Å². The summed E-state index contributed by atoms with van der Waals surface area (Å²) < 4.78 is 2.17.